The molecule has 0 fully saturated rings. The number of carboxylic acids is 1. The molecule has 1 aromatic carbocycles. The number of aryl methyl sites for hydroxylation is 1. The number of carboxylic acid groups (broad SMARTS) is 1. The number of aromatic nitrogens is 1. The molecule has 1 heterocycles. The molecule has 0 bridgehead atoms. The minimum absolute atomic E-state index is 0.509. The fraction of sp³-hybridized carbons (Fsp3) is 0.286. The van der Waals surface area contributed by atoms with E-state index in [2.05, 4.69) is 10.3 Å². The van der Waals surface area contributed by atoms with Crippen LogP contribution in [0.3, 0.4) is 0 Å². The van der Waals surface area contributed by atoms with Gasteiger partial charge < -0.3 is 20.6 Å². The largest absolute Gasteiger partial charge is 0.490 e. The van der Waals surface area contributed by atoms with Crippen LogP contribution in [0.5, 0.6) is 0 Å². The molecule has 0 atom stereocenters. The Balaban J connectivity index is 0.000000322. The quantitative estimate of drug-likeness (QED) is 0.799. The van der Waals surface area contributed by atoms with Crippen LogP contribution in [0.1, 0.15) is 16.9 Å². The van der Waals surface area contributed by atoms with Gasteiger partial charge in [-0.15, -0.1) is 0 Å². The highest BCUT2D eigenvalue weighted by molar-refractivity contribution is 5.73. The molecule has 9 heteroatoms. The Hall–Kier alpha value is -2.55. The number of alkyl halides is 3. The molecule has 0 amide bonds. The molecular weight excluding hydrogens is 315 g/mol. The van der Waals surface area contributed by atoms with Crippen LogP contribution in [-0.2, 0) is 11.3 Å². The summed E-state index contributed by atoms with van der Waals surface area (Å²) in [5, 5.41) is 10.3. The minimum atomic E-state index is -5.08. The zero-order chi connectivity index (χ0) is 17.6. The molecule has 0 radical (unpaired) electrons. The molecule has 1 aromatic heterocycles. The van der Waals surface area contributed by atoms with Gasteiger partial charge in [0.15, 0.2) is 0 Å². The molecule has 126 valence electrons. The number of benzene rings is 1. The SMILES string of the molecule is Cc1cnc(Nc2cccc(CN)c2C)o1.O=C(O)C(F)(F)F. The summed E-state index contributed by atoms with van der Waals surface area (Å²) < 4.78 is 37.1. The van der Waals surface area contributed by atoms with Crippen molar-refractivity contribution < 1.29 is 27.5 Å². The number of halogens is 3. The Labute approximate surface area is 130 Å². The Morgan fingerprint density at radius 1 is 1.39 bits per heavy atom. The normalized spacial score (nSPS) is 10.7. The van der Waals surface area contributed by atoms with Gasteiger partial charge in [0.05, 0.1) is 6.20 Å². The van der Waals surface area contributed by atoms with E-state index >= 15 is 0 Å². The van der Waals surface area contributed by atoms with Crippen molar-refractivity contribution in [3.8, 4) is 0 Å². The minimum Gasteiger partial charge on any atom is -0.475 e. The van der Waals surface area contributed by atoms with Gasteiger partial charge in [-0.1, -0.05) is 12.1 Å². The first kappa shape index (κ1) is 18.5. The summed E-state index contributed by atoms with van der Waals surface area (Å²) >= 11 is 0. The van der Waals surface area contributed by atoms with Crippen molar-refractivity contribution in [3.05, 3.63) is 41.3 Å². The highest BCUT2D eigenvalue weighted by Crippen LogP contribution is 2.22. The van der Waals surface area contributed by atoms with Crippen LogP contribution >= 0.6 is 0 Å². The second-order valence-corrected chi connectivity index (χ2v) is 4.50. The molecule has 0 aliphatic heterocycles. The Bertz CT molecular complexity index is 669. The zero-order valence-corrected chi connectivity index (χ0v) is 12.4. The molecular formula is C14H16F3N3O3. The number of nitrogens with two attached hydrogens (primary N) is 1. The van der Waals surface area contributed by atoms with E-state index in [9.17, 15) is 13.2 Å². The lowest BCUT2D eigenvalue weighted by Crippen LogP contribution is -2.21. The molecule has 0 saturated carbocycles. The van der Waals surface area contributed by atoms with Crippen LogP contribution in [0.2, 0.25) is 0 Å². The van der Waals surface area contributed by atoms with Crippen molar-refractivity contribution in [2.24, 2.45) is 5.73 Å². The van der Waals surface area contributed by atoms with Gasteiger partial charge in [0.1, 0.15) is 5.76 Å². The number of aliphatic carboxylic acids is 1. The van der Waals surface area contributed by atoms with E-state index in [4.69, 9.17) is 20.1 Å². The van der Waals surface area contributed by atoms with E-state index in [0.717, 1.165) is 22.6 Å². The van der Waals surface area contributed by atoms with Gasteiger partial charge in [-0.3, -0.25) is 0 Å². The van der Waals surface area contributed by atoms with E-state index in [-0.39, 0.29) is 0 Å². The molecule has 0 saturated heterocycles. The van der Waals surface area contributed by atoms with Gasteiger partial charge in [-0.05, 0) is 31.0 Å². The van der Waals surface area contributed by atoms with Crippen molar-refractivity contribution in [3.63, 3.8) is 0 Å². The molecule has 0 aliphatic rings. The smallest absolute Gasteiger partial charge is 0.475 e. The molecule has 23 heavy (non-hydrogen) atoms. The van der Waals surface area contributed by atoms with Crippen molar-refractivity contribution >= 4 is 17.7 Å². The topological polar surface area (TPSA) is 101 Å². The third-order valence-electron chi connectivity index (χ3n) is 2.77. The number of anilines is 2. The van der Waals surface area contributed by atoms with Gasteiger partial charge in [0, 0.05) is 12.2 Å². The van der Waals surface area contributed by atoms with E-state index in [1.807, 2.05) is 32.0 Å². The van der Waals surface area contributed by atoms with Crippen LogP contribution in [0.15, 0.2) is 28.8 Å². The lowest BCUT2D eigenvalue weighted by atomic mass is 10.1. The zero-order valence-electron chi connectivity index (χ0n) is 12.4. The first-order valence-electron chi connectivity index (χ1n) is 6.43. The van der Waals surface area contributed by atoms with Gasteiger partial charge in [-0.2, -0.15) is 13.2 Å². The molecule has 6 nitrogen and oxygen atoms in total. The lowest BCUT2D eigenvalue weighted by Gasteiger charge is -2.09. The number of hydrogen-bond donors (Lipinski definition) is 3. The van der Waals surface area contributed by atoms with Crippen molar-refractivity contribution in [2.45, 2.75) is 26.6 Å². The van der Waals surface area contributed by atoms with Gasteiger partial charge >= 0.3 is 12.1 Å². The fourth-order valence-electron chi connectivity index (χ4n) is 1.57. The number of carbonyl (C=O) groups is 1. The number of rotatable bonds is 3. The van der Waals surface area contributed by atoms with Crippen LogP contribution in [0, 0.1) is 13.8 Å². The maximum Gasteiger partial charge on any atom is 0.490 e. The summed E-state index contributed by atoms with van der Waals surface area (Å²) in [6, 6.07) is 6.47. The second-order valence-electron chi connectivity index (χ2n) is 4.50. The fourth-order valence-corrected chi connectivity index (χ4v) is 1.57. The summed E-state index contributed by atoms with van der Waals surface area (Å²) in [7, 11) is 0. The standard InChI is InChI=1S/C12H15N3O.C2HF3O2/c1-8-7-14-12(16-8)15-11-5-3-4-10(6-13)9(11)2;3-2(4,5)1(6)7/h3-5,7H,6,13H2,1-2H3,(H,14,15);(H,6,7). The third-order valence-corrected chi connectivity index (χ3v) is 2.77. The Kier molecular flexibility index (Phi) is 6.14. The molecule has 0 spiro atoms. The van der Waals surface area contributed by atoms with Crippen molar-refractivity contribution in [1.29, 1.82) is 0 Å². The maximum absolute atomic E-state index is 10.6. The van der Waals surface area contributed by atoms with Crippen molar-refractivity contribution in [1.82, 2.24) is 4.98 Å². The average Bonchev–Trinajstić information content (AvgIpc) is 2.86. The lowest BCUT2D eigenvalue weighted by molar-refractivity contribution is -0.192. The van der Waals surface area contributed by atoms with Crippen LogP contribution in [-0.4, -0.2) is 22.2 Å². The summed E-state index contributed by atoms with van der Waals surface area (Å²) in [5.41, 5.74) is 8.87. The third kappa shape index (κ3) is 5.62. The number of nitrogens with zero attached hydrogens (tertiary/aromatic N) is 1. The molecule has 2 rings (SSSR count). The monoisotopic (exact) mass is 331 g/mol. The predicted molar refractivity (Wildman–Crippen MR) is 77.3 cm³/mol. The number of nitrogens with one attached hydrogen (secondary N) is 1. The summed E-state index contributed by atoms with van der Waals surface area (Å²) in [5.74, 6) is -1.97. The van der Waals surface area contributed by atoms with Crippen LogP contribution in [0.4, 0.5) is 24.9 Å². The first-order chi connectivity index (χ1) is 10.6. The summed E-state index contributed by atoms with van der Waals surface area (Å²) in [4.78, 5) is 13.0. The van der Waals surface area contributed by atoms with E-state index in [0.29, 0.717) is 12.6 Å². The van der Waals surface area contributed by atoms with Crippen LogP contribution in [0.25, 0.3) is 0 Å². The molecule has 2 aromatic rings. The molecule has 4 N–H and O–H groups in total. The number of oxazole rings is 1. The summed E-state index contributed by atoms with van der Waals surface area (Å²) in [6.07, 6.45) is -3.40. The highest BCUT2D eigenvalue weighted by Gasteiger charge is 2.38. The van der Waals surface area contributed by atoms with E-state index in [1.165, 1.54) is 0 Å². The van der Waals surface area contributed by atoms with Crippen LogP contribution < -0.4 is 11.1 Å². The Morgan fingerprint density at radius 2 is 2.00 bits per heavy atom. The highest BCUT2D eigenvalue weighted by atomic mass is 19.4. The van der Waals surface area contributed by atoms with E-state index < -0.39 is 12.1 Å². The molecule has 0 aliphatic carbocycles. The summed E-state index contributed by atoms with van der Waals surface area (Å²) in [6.45, 7) is 4.42. The first-order valence-corrected chi connectivity index (χ1v) is 6.43. The number of hydrogen-bond acceptors (Lipinski definition) is 5. The van der Waals surface area contributed by atoms with Gasteiger partial charge in [-0.25, -0.2) is 9.78 Å². The van der Waals surface area contributed by atoms with Gasteiger partial charge in [0.2, 0.25) is 0 Å². The second kappa shape index (κ2) is 7.63. The maximum atomic E-state index is 10.6. The van der Waals surface area contributed by atoms with Gasteiger partial charge in [0.25, 0.3) is 6.01 Å². The molecule has 0 unspecified atom stereocenters. The average molecular weight is 331 g/mol. The van der Waals surface area contributed by atoms with E-state index in [1.54, 1.807) is 6.20 Å². The van der Waals surface area contributed by atoms with Crippen molar-refractivity contribution in [2.75, 3.05) is 5.32 Å². The Morgan fingerprint density at radius 3 is 2.43 bits per heavy atom. The predicted octanol–water partition coefficient (Wildman–Crippen LogP) is 3.13.